The van der Waals surface area contributed by atoms with Crippen LogP contribution in [0.2, 0.25) is 0 Å². The smallest absolute Gasteiger partial charge is 0.164 e. The van der Waals surface area contributed by atoms with Gasteiger partial charge in [0.05, 0.1) is 26.2 Å². The molecule has 4 aliphatic rings. The number of Topliss-reactive ketones (excluding diaryl/α,β-unsaturated/α-hetero) is 1. The molecule has 4 heterocycles. The molecule has 4 fully saturated rings. The van der Waals surface area contributed by atoms with Gasteiger partial charge in [0, 0.05) is 0 Å². The molecule has 0 aromatic carbocycles. The second-order valence-electron chi connectivity index (χ2n) is 5.38. The molecule has 0 spiro atoms. The fourth-order valence-electron chi connectivity index (χ4n) is 3.67. The van der Waals surface area contributed by atoms with Crippen LogP contribution in [0.4, 0.5) is 0 Å². The summed E-state index contributed by atoms with van der Waals surface area (Å²) in [6.45, 7) is 9.21. The second-order valence-corrected chi connectivity index (χ2v) is 5.38. The minimum atomic E-state index is 0.0301. The molecule has 0 aromatic heterocycles. The third kappa shape index (κ3) is 1.00. The Morgan fingerprint density at radius 3 is 2.23 bits per heavy atom. The van der Waals surface area contributed by atoms with Crippen molar-refractivity contribution in [3.63, 3.8) is 0 Å². The number of fused-ring (bicyclic) bond motifs is 1. The van der Waals surface area contributed by atoms with Gasteiger partial charge in [-0.2, -0.15) is 0 Å². The van der Waals surface area contributed by atoms with Crippen molar-refractivity contribution in [2.45, 2.75) is 6.92 Å². The van der Waals surface area contributed by atoms with E-state index in [9.17, 15) is 4.79 Å². The molecule has 2 atom stereocenters. The van der Waals surface area contributed by atoms with Crippen molar-refractivity contribution in [1.82, 2.24) is 0 Å². The van der Waals surface area contributed by atoms with Crippen LogP contribution in [-0.2, 0) is 4.79 Å². The molecule has 3 heteroatoms. The Labute approximate surface area is 78.7 Å². The first-order chi connectivity index (χ1) is 6.17. The van der Waals surface area contributed by atoms with E-state index >= 15 is 0 Å². The average molecular weight is 182 g/mol. The van der Waals surface area contributed by atoms with E-state index in [0.717, 1.165) is 26.2 Å². The Morgan fingerprint density at radius 1 is 1.23 bits per heavy atom. The van der Waals surface area contributed by atoms with Gasteiger partial charge in [-0.3, -0.25) is 4.79 Å². The minimum Gasteiger partial charge on any atom is -0.328 e. The zero-order valence-electron chi connectivity index (χ0n) is 8.23. The van der Waals surface area contributed by atoms with Crippen LogP contribution in [0.5, 0.6) is 0 Å². The summed E-state index contributed by atoms with van der Waals surface area (Å²) < 4.78 is 0. The van der Waals surface area contributed by atoms with Crippen LogP contribution in [0.25, 0.3) is 0 Å². The molecule has 0 amide bonds. The summed E-state index contributed by atoms with van der Waals surface area (Å²) >= 11 is 0. The molecule has 3 nitrogen and oxygen atoms in total. The molecule has 13 heavy (non-hydrogen) atoms. The number of carbonyl (C=O) groups excluding carboxylic acids is 1. The monoisotopic (exact) mass is 182 g/mol. The number of piperidine rings is 2. The van der Waals surface area contributed by atoms with Gasteiger partial charge in [0.15, 0.2) is 5.78 Å². The summed E-state index contributed by atoms with van der Waals surface area (Å²) in [4.78, 5) is 15.4. The van der Waals surface area contributed by atoms with E-state index in [1.165, 1.54) is 13.1 Å². The number of carbonyl (C=O) groups is 1. The predicted octanol–water partition coefficient (Wildman–Crippen LogP) is -3.01. The molecular formula is C10H18N2O+2. The first-order valence-corrected chi connectivity index (χ1v) is 5.39. The van der Waals surface area contributed by atoms with E-state index < -0.39 is 0 Å². The van der Waals surface area contributed by atoms with Crippen molar-refractivity contribution in [3.05, 3.63) is 0 Å². The highest BCUT2D eigenvalue weighted by molar-refractivity contribution is 5.88. The first kappa shape index (κ1) is 7.94. The van der Waals surface area contributed by atoms with Crippen molar-refractivity contribution in [3.8, 4) is 0 Å². The van der Waals surface area contributed by atoms with Crippen LogP contribution < -0.4 is 9.80 Å². The largest absolute Gasteiger partial charge is 0.328 e. The zero-order valence-corrected chi connectivity index (χ0v) is 8.23. The molecule has 4 rings (SSSR count). The van der Waals surface area contributed by atoms with Crippen LogP contribution in [-0.4, -0.2) is 45.1 Å². The van der Waals surface area contributed by atoms with Crippen LogP contribution in [0.3, 0.4) is 0 Å². The Balaban J connectivity index is 2.03. The van der Waals surface area contributed by atoms with Crippen molar-refractivity contribution < 1.29 is 14.6 Å². The lowest BCUT2D eigenvalue weighted by Gasteiger charge is -2.41. The molecular weight excluding hydrogens is 164 g/mol. The summed E-state index contributed by atoms with van der Waals surface area (Å²) in [5.74, 6) is 0.960. The van der Waals surface area contributed by atoms with E-state index in [1.54, 1.807) is 9.80 Å². The number of hydrogen-bond acceptors (Lipinski definition) is 1. The highest BCUT2D eigenvalue weighted by Crippen LogP contribution is 2.24. The molecule has 72 valence electrons. The third-order valence-electron chi connectivity index (χ3n) is 4.15. The summed E-state index contributed by atoms with van der Waals surface area (Å²) in [6, 6.07) is 0. The molecule has 2 unspecified atom stereocenters. The SMILES string of the molecule is CC12C[NH+]3CC[NH+](CC(C3)C1=O)C2. The number of quaternary nitrogens is 2. The van der Waals surface area contributed by atoms with Gasteiger partial charge in [-0.15, -0.1) is 0 Å². The number of rotatable bonds is 0. The van der Waals surface area contributed by atoms with Crippen molar-refractivity contribution in [2.24, 2.45) is 11.3 Å². The second kappa shape index (κ2) is 2.34. The van der Waals surface area contributed by atoms with Gasteiger partial charge in [0.25, 0.3) is 0 Å². The van der Waals surface area contributed by atoms with Crippen molar-refractivity contribution in [2.75, 3.05) is 39.3 Å². The van der Waals surface area contributed by atoms with Gasteiger partial charge in [0.2, 0.25) is 0 Å². The molecule has 4 bridgehead atoms. The van der Waals surface area contributed by atoms with Crippen LogP contribution in [0, 0.1) is 11.3 Å². The Bertz CT molecular complexity index is 248. The summed E-state index contributed by atoms with van der Waals surface area (Å²) in [5, 5.41) is 0. The topological polar surface area (TPSA) is 26.0 Å². The van der Waals surface area contributed by atoms with Gasteiger partial charge in [-0.05, 0) is 6.92 Å². The van der Waals surface area contributed by atoms with E-state index in [1.807, 2.05) is 0 Å². The lowest BCUT2D eigenvalue weighted by molar-refractivity contribution is -0.918. The molecule has 0 saturated carbocycles. The average Bonchev–Trinajstić information content (AvgIpc) is 2.28. The molecule has 2 N–H and O–H groups in total. The van der Waals surface area contributed by atoms with E-state index in [-0.39, 0.29) is 5.41 Å². The molecule has 0 aromatic rings. The molecule has 0 aliphatic carbocycles. The van der Waals surface area contributed by atoms with E-state index in [4.69, 9.17) is 0 Å². The van der Waals surface area contributed by atoms with E-state index in [2.05, 4.69) is 6.92 Å². The minimum absolute atomic E-state index is 0.0301. The Morgan fingerprint density at radius 2 is 1.77 bits per heavy atom. The van der Waals surface area contributed by atoms with Gasteiger partial charge in [-0.25, -0.2) is 0 Å². The quantitative estimate of drug-likeness (QED) is 0.410. The molecule has 0 radical (unpaired) electrons. The van der Waals surface area contributed by atoms with Gasteiger partial charge in [-0.1, -0.05) is 0 Å². The van der Waals surface area contributed by atoms with Gasteiger partial charge >= 0.3 is 0 Å². The number of hydrogen-bond donors (Lipinski definition) is 2. The third-order valence-corrected chi connectivity index (χ3v) is 4.15. The van der Waals surface area contributed by atoms with Crippen molar-refractivity contribution >= 4 is 5.78 Å². The summed E-state index contributed by atoms with van der Waals surface area (Å²) in [6.07, 6.45) is 0. The van der Waals surface area contributed by atoms with Crippen LogP contribution in [0.15, 0.2) is 0 Å². The highest BCUT2D eigenvalue weighted by atomic mass is 16.1. The first-order valence-electron chi connectivity index (χ1n) is 5.39. The molecule has 4 aliphatic heterocycles. The Hall–Kier alpha value is -0.410. The standard InChI is InChI=1S/C10H16N2O/c1-10-6-11-2-3-12(7-10)5-8(4-11)9(10)13/h8H,2-7H2,1H3/p+2. The lowest BCUT2D eigenvalue weighted by Crippen LogP contribution is -3.16. The highest BCUT2D eigenvalue weighted by Gasteiger charge is 2.56. The van der Waals surface area contributed by atoms with Gasteiger partial charge in [0.1, 0.15) is 24.4 Å². The maximum absolute atomic E-state index is 12.0. The summed E-state index contributed by atoms with van der Waals surface area (Å²) in [7, 11) is 0. The maximum Gasteiger partial charge on any atom is 0.164 e. The van der Waals surface area contributed by atoms with Crippen LogP contribution in [0.1, 0.15) is 6.92 Å². The Kier molecular flexibility index (Phi) is 1.43. The van der Waals surface area contributed by atoms with Crippen molar-refractivity contribution in [1.29, 1.82) is 0 Å². The predicted molar refractivity (Wildman–Crippen MR) is 47.7 cm³/mol. The summed E-state index contributed by atoms with van der Waals surface area (Å²) in [5.41, 5.74) is 0.0301. The van der Waals surface area contributed by atoms with Gasteiger partial charge < -0.3 is 9.80 Å². The zero-order chi connectivity index (χ0) is 9.05. The number of ketones is 1. The van der Waals surface area contributed by atoms with Crippen LogP contribution >= 0.6 is 0 Å². The fraction of sp³-hybridized carbons (Fsp3) is 0.900. The fourth-order valence-corrected chi connectivity index (χ4v) is 3.67. The number of nitrogens with one attached hydrogen (secondary N) is 2. The normalized spacial score (nSPS) is 53.9. The molecule has 4 saturated heterocycles. The lowest BCUT2D eigenvalue weighted by atomic mass is 9.73. The maximum atomic E-state index is 12.0. The van der Waals surface area contributed by atoms with E-state index in [0.29, 0.717) is 11.7 Å².